The van der Waals surface area contributed by atoms with Crippen LogP contribution in [-0.4, -0.2) is 39.3 Å². The van der Waals surface area contributed by atoms with Gasteiger partial charge in [-0.05, 0) is 55.8 Å². The van der Waals surface area contributed by atoms with E-state index in [1.54, 1.807) is 44.4 Å². The Hall–Kier alpha value is -3.94. The summed E-state index contributed by atoms with van der Waals surface area (Å²) in [5.41, 5.74) is 2.51. The molecular formula is C22H19N3O5. The predicted molar refractivity (Wildman–Crippen MR) is 110 cm³/mol. The maximum atomic E-state index is 13.0. The SMILES string of the molecule is CCOC(=O)C1C(=O)/C(=C/c2c[nH]c3ncccc23)OC1=Nc1ccc(O)cc1C. The number of carbonyl (C=O) groups is 2. The van der Waals surface area contributed by atoms with Crippen molar-refractivity contribution in [3.63, 3.8) is 0 Å². The number of hydrogen-bond donors (Lipinski definition) is 2. The lowest BCUT2D eigenvalue weighted by atomic mass is 10.0. The van der Waals surface area contributed by atoms with Gasteiger partial charge in [-0.25, -0.2) is 9.98 Å². The van der Waals surface area contributed by atoms with Crippen LogP contribution in [0.15, 0.2) is 53.5 Å². The third-order valence-electron chi connectivity index (χ3n) is 4.67. The van der Waals surface area contributed by atoms with Crippen LogP contribution in [0.3, 0.4) is 0 Å². The zero-order chi connectivity index (χ0) is 21.3. The predicted octanol–water partition coefficient (Wildman–Crippen LogP) is 3.43. The summed E-state index contributed by atoms with van der Waals surface area (Å²) in [5, 5.41) is 10.4. The van der Waals surface area contributed by atoms with Crippen LogP contribution in [-0.2, 0) is 19.1 Å². The number of esters is 1. The van der Waals surface area contributed by atoms with E-state index in [1.807, 2.05) is 6.07 Å². The van der Waals surface area contributed by atoms with E-state index in [4.69, 9.17) is 9.47 Å². The lowest BCUT2D eigenvalue weighted by Crippen LogP contribution is -2.27. The third-order valence-corrected chi connectivity index (χ3v) is 4.67. The Morgan fingerprint density at radius 2 is 2.23 bits per heavy atom. The number of carbonyl (C=O) groups excluding carboxylic acids is 2. The Kier molecular flexibility index (Phi) is 5.05. The Balaban J connectivity index is 1.76. The first-order chi connectivity index (χ1) is 14.5. The number of ketones is 1. The second-order valence-corrected chi connectivity index (χ2v) is 6.72. The van der Waals surface area contributed by atoms with Gasteiger partial charge in [0.25, 0.3) is 0 Å². The number of nitrogens with zero attached hydrogens (tertiary/aromatic N) is 2. The van der Waals surface area contributed by atoms with E-state index in [1.165, 1.54) is 12.1 Å². The monoisotopic (exact) mass is 405 g/mol. The topological polar surface area (TPSA) is 114 Å². The van der Waals surface area contributed by atoms with Crippen molar-refractivity contribution in [1.82, 2.24) is 9.97 Å². The van der Waals surface area contributed by atoms with E-state index in [0.717, 1.165) is 5.39 Å². The number of H-pyrrole nitrogens is 1. The third kappa shape index (κ3) is 3.55. The van der Waals surface area contributed by atoms with Crippen molar-refractivity contribution in [3.8, 4) is 5.75 Å². The number of aliphatic imine (C=N–C) groups is 1. The molecule has 0 spiro atoms. The van der Waals surface area contributed by atoms with Gasteiger partial charge >= 0.3 is 5.97 Å². The minimum Gasteiger partial charge on any atom is -0.508 e. The normalized spacial score (nSPS) is 18.9. The Bertz CT molecular complexity index is 1210. The highest BCUT2D eigenvalue weighted by molar-refractivity contribution is 6.27. The van der Waals surface area contributed by atoms with Crippen LogP contribution >= 0.6 is 0 Å². The highest BCUT2D eigenvalue weighted by Gasteiger charge is 2.44. The van der Waals surface area contributed by atoms with Crippen molar-refractivity contribution in [2.45, 2.75) is 13.8 Å². The zero-order valence-corrected chi connectivity index (χ0v) is 16.4. The second kappa shape index (κ2) is 7.82. The van der Waals surface area contributed by atoms with Crippen LogP contribution in [0, 0.1) is 12.8 Å². The lowest BCUT2D eigenvalue weighted by molar-refractivity contribution is -0.147. The van der Waals surface area contributed by atoms with Crippen molar-refractivity contribution in [1.29, 1.82) is 0 Å². The molecule has 0 radical (unpaired) electrons. The highest BCUT2D eigenvalue weighted by atomic mass is 16.5. The number of rotatable bonds is 4. The van der Waals surface area contributed by atoms with Crippen molar-refractivity contribution in [3.05, 3.63) is 59.6 Å². The maximum Gasteiger partial charge on any atom is 0.326 e. The molecule has 1 aliphatic heterocycles. The van der Waals surface area contributed by atoms with E-state index >= 15 is 0 Å². The first-order valence-electron chi connectivity index (χ1n) is 9.38. The molecule has 3 heterocycles. The van der Waals surface area contributed by atoms with Crippen LogP contribution in [0.1, 0.15) is 18.1 Å². The summed E-state index contributed by atoms with van der Waals surface area (Å²) in [6.45, 7) is 3.54. The quantitative estimate of drug-likeness (QED) is 0.391. The molecule has 8 heteroatoms. The Labute approximate surface area is 171 Å². The van der Waals surface area contributed by atoms with Crippen LogP contribution in [0.2, 0.25) is 0 Å². The summed E-state index contributed by atoms with van der Waals surface area (Å²) in [7, 11) is 0. The fourth-order valence-corrected chi connectivity index (χ4v) is 3.22. The molecule has 0 saturated carbocycles. The molecule has 152 valence electrons. The molecule has 0 amide bonds. The number of phenolic OH excluding ortho intramolecular Hbond substituents is 1. The molecule has 3 aromatic rings. The maximum absolute atomic E-state index is 13.0. The van der Waals surface area contributed by atoms with Gasteiger partial charge in [-0.15, -0.1) is 0 Å². The van der Waals surface area contributed by atoms with E-state index in [2.05, 4.69) is 15.0 Å². The molecule has 30 heavy (non-hydrogen) atoms. The molecule has 4 rings (SSSR count). The van der Waals surface area contributed by atoms with E-state index < -0.39 is 17.7 Å². The molecule has 8 nitrogen and oxygen atoms in total. The summed E-state index contributed by atoms with van der Waals surface area (Å²) >= 11 is 0. The average Bonchev–Trinajstić information content (AvgIpc) is 3.26. The van der Waals surface area contributed by atoms with Gasteiger partial charge in [-0.1, -0.05) is 0 Å². The van der Waals surface area contributed by atoms with Gasteiger partial charge < -0.3 is 19.6 Å². The van der Waals surface area contributed by atoms with Crippen LogP contribution < -0.4 is 0 Å². The minimum absolute atomic E-state index is 0.00649. The number of aromatic nitrogens is 2. The number of benzene rings is 1. The fourth-order valence-electron chi connectivity index (χ4n) is 3.22. The zero-order valence-electron chi connectivity index (χ0n) is 16.4. The van der Waals surface area contributed by atoms with Crippen LogP contribution in [0.4, 0.5) is 5.69 Å². The highest BCUT2D eigenvalue weighted by Crippen LogP contribution is 2.31. The van der Waals surface area contributed by atoms with Crippen molar-refractivity contribution < 1.29 is 24.2 Å². The number of aromatic amines is 1. The van der Waals surface area contributed by atoms with Gasteiger partial charge in [-0.2, -0.15) is 0 Å². The van der Waals surface area contributed by atoms with Crippen molar-refractivity contribution in [2.75, 3.05) is 6.61 Å². The molecule has 1 saturated heterocycles. The summed E-state index contributed by atoms with van der Waals surface area (Å²) in [4.78, 5) is 37.1. The molecule has 1 aromatic carbocycles. The van der Waals surface area contributed by atoms with E-state index in [-0.39, 0.29) is 24.0 Å². The summed E-state index contributed by atoms with van der Waals surface area (Å²) in [5.74, 6) is -2.50. The number of nitrogens with one attached hydrogen (secondary N) is 1. The molecule has 1 fully saturated rings. The molecule has 1 atom stereocenters. The summed E-state index contributed by atoms with van der Waals surface area (Å²) in [6, 6.07) is 8.24. The standard InChI is InChI=1S/C22H19N3O5/c1-3-29-22(28)18-19(27)17(10-13-11-24-20-15(13)5-4-8-23-20)30-21(18)25-16-7-6-14(26)9-12(16)2/h4-11,18,26H,3H2,1-2H3,(H,23,24)/b17-10-,25-21?. The largest absolute Gasteiger partial charge is 0.508 e. The number of ether oxygens (including phenoxy) is 2. The first-order valence-corrected chi connectivity index (χ1v) is 9.38. The van der Waals surface area contributed by atoms with Gasteiger partial charge in [0.05, 0.1) is 12.3 Å². The van der Waals surface area contributed by atoms with Gasteiger partial charge in [0, 0.05) is 23.3 Å². The summed E-state index contributed by atoms with van der Waals surface area (Å²) < 4.78 is 10.8. The van der Waals surface area contributed by atoms with E-state index in [0.29, 0.717) is 22.5 Å². The molecule has 2 N–H and O–H groups in total. The molecule has 0 aliphatic carbocycles. The molecule has 0 bridgehead atoms. The van der Waals surface area contributed by atoms with Gasteiger partial charge in [-0.3, -0.25) is 9.59 Å². The lowest BCUT2D eigenvalue weighted by Gasteiger charge is -2.07. The number of aryl methyl sites for hydroxylation is 1. The van der Waals surface area contributed by atoms with E-state index in [9.17, 15) is 14.7 Å². The first kappa shape index (κ1) is 19.4. The minimum atomic E-state index is -1.28. The van der Waals surface area contributed by atoms with Crippen LogP contribution in [0.25, 0.3) is 17.1 Å². The molecular weight excluding hydrogens is 386 g/mol. The number of Topliss-reactive ketones (excluding diaryl/α,β-unsaturated/α-hetero) is 1. The van der Waals surface area contributed by atoms with Crippen molar-refractivity contribution in [2.24, 2.45) is 10.9 Å². The average molecular weight is 405 g/mol. The summed E-state index contributed by atoms with van der Waals surface area (Å²) in [6.07, 6.45) is 4.93. The number of phenols is 1. The number of hydrogen-bond acceptors (Lipinski definition) is 7. The van der Waals surface area contributed by atoms with Crippen molar-refractivity contribution >= 4 is 40.4 Å². The number of aromatic hydroxyl groups is 1. The number of pyridine rings is 1. The molecule has 1 unspecified atom stereocenters. The Morgan fingerprint density at radius 3 is 3.00 bits per heavy atom. The van der Waals surface area contributed by atoms with Gasteiger partial charge in [0.2, 0.25) is 11.7 Å². The van der Waals surface area contributed by atoms with Crippen LogP contribution in [0.5, 0.6) is 5.75 Å². The fraction of sp³-hybridized carbons (Fsp3) is 0.182. The smallest absolute Gasteiger partial charge is 0.326 e. The Morgan fingerprint density at radius 1 is 1.40 bits per heavy atom. The second-order valence-electron chi connectivity index (χ2n) is 6.72. The van der Waals surface area contributed by atoms with Gasteiger partial charge in [0.1, 0.15) is 11.4 Å². The van der Waals surface area contributed by atoms with Gasteiger partial charge in [0.15, 0.2) is 11.7 Å². The number of fused-ring (bicyclic) bond motifs is 1. The molecule has 1 aliphatic rings. The molecule has 2 aromatic heterocycles. The number of allylic oxidation sites excluding steroid dienone is 1.